The molecule has 13 heteroatoms. The maximum Gasteiger partial charge on any atom is 0.416 e. The summed E-state index contributed by atoms with van der Waals surface area (Å²) in [5, 5.41) is 0.897. The van der Waals surface area contributed by atoms with Crippen molar-refractivity contribution in [3.05, 3.63) is 96.8 Å². The van der Waals surface area contributed by atoms with Crippen LogP contribution in [0.15, 0.2) is 70.9 Å². The summed E-state index contributed by atoms with van der Waals surface area (Å²) in [5.41, 5.74) is 14.8. The molecule has 1 heterocycles. The monoisotopic (exact) mass is 670 g/mol. The molecule has 3 aromatic rings. The van der Waals surface area contributed by atoms with E-state index in [1.165, 1.54) is 35.6 Å². The van der Waals surface area contributed by atoms with Crippen LogP contribution in [-0.4, -0.2) is 25.8 Å². The zero-order chi connectivity index (χ0) is 30.5. The maximum absolute atomic E-state index is 12.9. The summed E-state index contributed by atoms with van der Waals surface area (Å²) in [6.07, 6.45) is 0.241. The Morgan fingerprint density at radius 3 is 2.37 bits per heavy atom. The van der Waals surface area contributed by atoms with Gasteiger partial charge in [0.1, 0.15) is 0 Å². The number of hydrogen-bond donors (Lipinski definition) is 5. The van der Waals surface area contributed by atoms with E-state index in [2.05, 4.69) is 21.3 Å². The van der Waals surface area contributed by atoms with Crippen LogP contribution in [0.25, 0.3) is 0 Å². The van der Waals surface area contributed by atoms with Crippen LogP contribution in [0, 0.1) is 11.8 Å². The third-order valence-electron chi connectivity index (χ3n) is 6.02. The number of rotatable bonds is 13. The molecule has 2 aromatic carbocycles. The molecule has 0 fully saturated rings. The minimum absolute atomic E-state index is 0. The molecule has 0 atom stereocenters. The fraction of sp³-hybridized carbons (Fsp3) is 0.300. The van der Waals surface area contributed by atoms with Gasteiger partial charge >= 0.3 is 6.18 Å². The van der Waals surface area contributed by atoms with Crippen molar-refractivity contribution in [1.29, 1.82) is 0 Å². The molecule has 43 heavy (non-hydrogen) atoms. The quantitative estimate of drug-likeness (QED) is 0.0540. The Kier molecular flexibility index (Phi) is 15.6. The van der Waals surface area contributed by atoms with Gasteiger partial charge in [-0.2, -0.15) is 13.2 Å². The Balaban J connectivity index is 0.00000645. The predicted octanol–water partition coefficient (Wildman–Crippen LogP) is 8.25. The van der Waals surface area contributed by atoms with Gasteiger partial charge in [-0.1, -0.05) is 47.9 Å². The molecule has 9 N–H and O–H groups in total. The summed E-state index contributed by atoms with van der Waals surface area (Å²) in [6.45, 7) is 1.09. The molecule has 0 aliphatic carbocycles. The van der Waals surface area contributed by atoms with Gasteiger partial charge in [-0.15, -0.1) is 11.3 Å². The fourth-order valence-electron chi connectivity index (χ4n) is 3.87. The normalized spacial score (nSPS) is 12.3. The molecule has 0 aliphatic rings. The van der Waals surface area contributed by atoms with Gasteiger partial charge < -0.3 is 17.6 Å². The molecule has 6 nitrogen and oxygen atoms in total. The molecule has 0 radical (unpaired) electrons. The van der Waals surface area contributed by atoms with Crippen molar-refractivity contribution in [3.8, 4) is 11.8 Å². The van der Waals surface area contributed by atoms with Crippen LogP contribution in [0.2, 0.25) is 10.0 Å². The number of nitrogens with zero attached hydrogens (tertiary/aromatic N) is 1. The zero-order valence-electron chi connectivity index (χ0n) is 23.7. The summed E-state index contributed by atoms with van der Waals surface area (Å²) < 4.78 is 45.0. The first-order chi connectivity index (χ1) is 20.1. The van der Waals surface area contributed by atoms with E-state index in [0.717, 1.165) is 53.1 Å². The number of hydrogen-bond acceptors (Lipinski definition) is 8. The van der Waals surface area contributed by atoms with Crippen LogP contribution in [0.3, 0.4) is 0 Å². The molecule has 3 rings (SSSR count). The van der Waals surface area contributed by atoms with Gasteiger partial charge in [0.05, 0.1) is 31.7 Å². The number of allylic oxidation sites excluding steroid dienone is 1. The van der Waals surface area contributed by atoms with E-state index in [9.17, 15) is 13.2 Å². The molecular formula is C30H35Cl2F3N6S2. The second-order valence-corrected chi connectivity index (χ2v) is 12.0. The fourth-order valence-corrected chi connectivity index (χ4v) is 5.55. The predicted molar refractivity (Wildman–Crippen MR) is 177 cm³/mol. The third-order valence-corrected chi connectivity index (χ3v) is 8.06. The Morgan fingerprint density at radius 1 is 1.00 bits per heavy atom. The number of thiophene rings is 1. The Labute approximate surface area is 269 Å². The SMILES string of the molecule is CNSNC/C(C(=Nc1ccc(Cl)cc1Cl)c1ccc(C#Cc2ccc(C(F)(F)F)cc2)s1)=C(/N)CCCCCCN.N. The van der Waals surface area contributed by atoms with Crippen molar-refractivity contribution in [2.45, 2.75) is 38.3 Å². The molecular weight excluding hydrogens is 636 g/mol. The minimum atomic E-state index is -4.39. The highest BCUT2D eigenvalue weighted by Gasteiger charge is 2.29. The summed E-state index contributed by atoms with van der Waals surface area (Å²) in [5.74, 6) is 6.00. The zero-order valence-corrected chi connectivity index (χ0v) is 26.8. The molecule has 0 spiro atoms. The molecule has 0 aliphatic heterocycles. The minimum Gasteiger partial charge on any atom is -0.402 e. The largest absolute Gasteiger partial charge is 0.416 e. The van der Waals surface area contributed by atoms with Gasteiger partial charge in [0, 0.05) is 40.5 Å². The first-order valence-corrected chi connectivity index (χ1v) is 15.6. The topological polar surface area (TPSA) is 123 Å². The number of nitrogens with two attached hydrogens (primary N) is 2. The average Bonchev–Trinajstić information content (AvgIpc) is 3.43. The van der Waals surface area contributed by atoms with E-state index < -0.39 is 11.7 Å². The van der Waals surface area contributed by atoms with Crippen molar-refractivity contribution in [1.82, 2.24) is 15.6 Å². The molecule has 0 amide bonds. The first-order valence-electron chi connectivity index (χ1n) is 13.2. The third kappa shape index (κ3) is 11.8. The maximum atomic E-state index is 12.9. The lowest BCUT2D eigenvalue weighted by molar-refractivity contribution is -0.137. The highest BCUT2D eigenvalue weighted by Crippen LogP contribution is 2.32. The molecule has 0 bridgehead atoms. The number of benzene rings is 2. The number of nitrogens with one attached hydrogen (secondary N) is 2. The van der Waals surface area contributed by atoms with E-state index in [-0.39, 0.29) is 6.15 Å². The summed E-state index contributed by atoms with van der Waals surface area (Å²) in [7, 11) is 1.81. The Bertz CT molecular complexity index is 1440. The summed E-state index contributed by atoms with van der Waals surface area (Å²) in [4.78, 5) is 6.48. The van der Waals surface area contributed by atoms with Crippen molar-refractivity contribution in [2.75, 3.05) is 20.1 Å². The number of alkyl halides is 3. The number of aliphatic imine (C=N–C) groups is 1. The lowest BCUT2D eigenvalue weighted by Gasteiger charge is -2.15. The van der Waals surface area contributed by atoms with Crippen molar-refractivity contribution < 1.29 is 13.2 Å². The van der Waals surface area contributed by atoms with Crippen molar-refractivity contribution in [2.24, 2.45) is 16.5 Å². The van der Waals surface area contributed by atoms with Crippen LogP contribution in [0.5, 0.6) is 0 Å². The van der Waals surface area contributed by atoms with Crippen LogP contribution >= 0.6 is 46.7 Å². The van der Waals surface area contributed by atoms with Gasteiger partial charge in [-0.05, 0) is 87.5 Å². The standard InChI is InChI=1S/C30H32Cl2F3N5S2.H3N/c1-38-42-39-19-24(26(37)6-4-2-3-5-17-36)29(40-27-15-12-22(31)18-25(27)32)28-16-14-23(41-28)13-9-20-7-10-21(11-8-20)30(33,34)35;/h7-8,10-12,14-16,18,38-39H,2-6,17,19,36-37H2,1H3;1H3/b26-24-,40-29?;. The first kappa shape index (κ1) is 36.7. The molecule has 0 saturated carbocycles. The van der Waals surface area contributed by atoms with E-state index in [1.54, 1.807) is 18.2 Å². The van der Waals surface area contributed by atoms with E-state index in [0.29, 0.717) is 52.2 Å². The second kappa shape index (κ2) is 18.3. The van der Waals surface area contributed by atoms with Crippen molar-refractivity contribution in [3.63, 3.8) is 0 Å². The lowest BCUT2D eigenvalue weighted by atomic mass is 10.0. The smallest absolute Gasteiger partial charge is 0.402 e. The van der Waals surface area contributed by atoms with Crippen LogP contribution < -0.4 is 27.1 Å². The molecule has 1 aromatic heterocycles. The Hall–Kier alpha value is -2.53. The highest BCUT2D eigenvalue weighted by molar-refractivity contribution is 7.95. The van der Waals surface area contributed by atoms with Gasteiger partial charge in [-0.25, -0.2) is 9.71 Å². The number of unbranched alkanes of at least 4 members (excludes halogenated alkanes) is 3. The van der Waals surface area contributed by atoms with Gasteiger partial charge in [0.25, 0.3) is 0 Å². The van der Waals surface area contributed by atoms with Crippen LogP contribution in [0.4, 0.5) is 18.9 Å². The Morgan fingerprint density at radius 2 is 1.72 bits per heavy atom. The van der Waals surface area contributed by atoms with Crippen LogP contribution in [-0.2, 0) is 6.18 Å². The van der Waals surface area contributed by atoms with Gasteiger partial charge in [-0.3, -0.25) is 4.72 Å². The van der Waals surface area contributed by atoms with E-state index >= 15 is 0 Å². The summed E-state index contributed by atoms with van der Waals surface area (Å²) >= 11 is 15.4. The molecule has 232 valence electrons. The number of halogens is 5. The highest BCUT2D eigenvalue weighted by atomic mass is 35.5. The average molecular weight is 672 g/mol. The van der Waals surface area contributed by atoms with E-state index in [1.807, 2.05) is 19.2 Å². The van der Waals surface area contributed by atoms with Gasteiger partial charge in [0.15, 0.2) is 0 Å². The molecule has 0 unspecified atom stereocenters. The van der Waals surface area contributed by atoms with E-state index in [4.69, 9.17) is 39.7 Å². The van der Waals surface area contributed by atoms with Crippen molar-refractivity contribution >= 4 is 58.1 Å². The lowest BCUT2D eigenvalue weighted by Crippen LogP contribution is -2.22. The molecule has 0 saturated heterocycles. The summed E-state index contributed by atoms with van der Waals surface area (Å²) in [6, 6.07) is 13.6. The van der Waals surface area contributed by atoms with Crippen LogP contribution in [0.1, 0.15) is 53.0 Å². The van der Waals surface area contributed by atoms with Gasteiger partial charge in [0.2, 0.25) is 0 Å². The second-order valence-electron chi connectivity index (χ2n) is 9.13.